The van der Waals surface area contributed by atoms with Gasteiger partial charge in [0.25, 0.3) is 0 Å². The molecule has 2 aliphatic heterocycles. The van der Waals surface area contributed by atoms with E-state index in [1.54, 1.807) is 0 Å². The van der Waals surface area contributed by atoms with Gasteiger partial charge in [-0.1, -0.05) is 0 Å². The van der Waals surface area contributed by atoms with Crippen LogP contribution in [0.5, 0.6) is 0 Å². The predicted molar refractivity (Wildman–Crippen MR) is 79.3 cm³/mol. The molecule has 0 aromatic heterocycles. The number of nitrogens with zero attached hydrogens (tertiary/aromatic N) is 2. The van der Waals surface area contributed by atoms with Gasteiger partial charge in [0, 0.05) is 56.3 Å². The summed E-state index contributed by atoms with van der Waals surface area (Å²) in [5, 5.41) is 0. The van der Waals surface area contributed by atoms with E-state index in [0.717, 1.165) is 52.4 Å². The highest BCUT2D eigenvalue weighted by atomic mass is 16.5. The second kappa shape index (κ2) is 5.68. The first-order chi connectivity index (χ1) is 8.88. The number of hydrogen-bond acceptors (Lipinski definition) is 4. The molecule has 2 fully saturated rings. The molecule has 2 unspecified atom stereocenters. The molecular weight excluding hydrogens is 238 g/mol. The van der Waals surface area contributed by atoms with Crippen molar-refractivity contribution in [2.75, 3.05) is 45.9 Å². The molecule has 2 N–H and O–H groups in total. The van der Waals surface area contributed by atoms with Crippen LogP contribution in [-0.4, -0.2) is 66.8 Å². The summed E-state index contributed by atoms with van der Waals surface area (Å²) in [5.74, 6) is 0.596. The third kappa shape index (κ3) is 3.13. The van der Waals surface area contributed by atoms with Crippen LogP contribution in [-0.2, 0) is 4.74 Å². The van der Waals surface area contributed by atoms with Gasteiger partial charge in [-0.05, 0) is 34.1 Å². The second-order valence-electron chi connectivity index (χ2n) is 7.27. The predicted octanol–water partition coefficient (Wildman–Crippen LogP) is 1.16. The van der Waals surface area contributed by atoms with Gasteiger partial charge in [-0.15, -0.1) is 0 Å². The van der Waals surface area contributed by atoms with E-state index in [9.17, 15) is 0 Å². The minimum atomic E-state index is 0.112. The van der Waals surface area contributed by atoms with Crippen LogP contribution in [0.4, 0.5) is 0 Å². The fourth-order valence-corrected chi connectivity index (χ4v) is 3.47. The van der Waals surface area contributed by atoms with Crippen LogP contribution in [0.3, 0.4) is 0 Å². The van der Waals surface area contributed by atoms with E-state index in [-0.39, 0.29) is 11.1 Å². The fourth-order valence-electron chi connectivity index (χ4n) is 3.47. The van der Waals surface area contributed by atoms with Crippen LogP contribution < -0.4 is 5.73 Å². The quantitative estimate of drug-likeness (QED) is 0.835. The first-order valence-corrected chi connectivity index (χ1v) is 7.66. The fraction of sp³-hybridized carbons (Fsp3) is 1.00. The first kappa shape index (κ1) is 15.2. The Balaban J connectivity index is 1.98. The molecule has 2 rings (SSSR count). The van der Waals surface area contributed by atoms with Crippen LogP contribution in [0.25, 0.3) is 0 Å². The van der Waals surface area contributed by atoms with Crippen LogP contribution >= 0.6 is 0 Å². The molecule has 2 aliphatic rings. The summed E-state index contributed by atoms with van der Waals surface area (Å²) in [7, 11) is 0. The average molecular weight is 269 g/mol. The maximum absolute atomic E-state index is 6.13. The Kier molecular flexibility index (Phi) is 4.56. The highest BCUT2D eigenvalue weighted by Crippen LogP contribution is 2.32. The topological polar surface area (TPSA) is 41.7 Å². The van der Waals surface area contributed by atoms with Gasteiger partial charge in [0.15, 0.2) is 0 Å². The van der Waals surface area contributed by atoms with Crippen LogP contribution in [0.2, 0.25) is 0 Å². The van der Waals surface area contributed by atoms with Crippen LogP contribution in [0.1, 0.15) is 34.1 Å². The van der Waals surface area contributed by atoms with E-state index in [1.165, 1.54) is 0 Å². The van der Waals surface area contributed by atoms with Crippen molar-refractivity contribution >= 4 is 0 Å². The molecule has 0 aromatic rings. The minimum absolute atomic E-state index is 0.112. The Bertz CT molecular complexity index is 288. The monoisotopic (exact) mass is 269 g/mol. The molecule has 112 valence electrons. The zero-order valence-corrected chi connectivity index (χ0v) is 13.1. The zero-order valence-electron chi connectivity index (χ0n) is 13.1. The lowest BCUT2D eigenvalue weighted by Crippen LogP contribution is -2.63. The summed E-state index contributed by atoms with van der Waals surface area (Å²) in [4.78, 5) is 5.18. The van der Waals surface area contributed by atoms with E-state index in [1.807, 2.05) is 0 Å². The number of hydrogen-bond donors (Lipinski definition) is 1. The van der Waals surface area contributed by atoms with Gasteiger partial charge in [-0.25, -0.2) is 0 Å². The lowest BCUT2D eigenvalue weighted by molar-refractivity contribution is -0.0162. The van der Waals surface area contributed by atoms with Crippen molar-refractivity contribution in [1.82, 2.24) is 9.80 Å². The molecule has 0 aliphatic carbocycles. The molecule has 4 heteroatoms. The van der Waals surface area contributed by atoms with E-state index in [4.69, 9.17) is 10.5 Å². The lowest BCUT2D eigenvalue weighted by atomic mass is 9.82. The molecular formula is C15H31N3O. The Morgan fingerprint density at radius 3 is 2.05 bits per heavy atom. The molecule has 0 radical (unpaired) electrons. The summed E-state index contributed by atoms with van der Waals surface area (Å²) < 4.78 is 5.58. The molecule has 0 aromatic carbocycles. The summed E-state index contributed by atoms with van der Waals surface area (Å²) in [5.41, 5.74) is 6.52. The van der Waals surface area contributed by atoms with Gasteiger partial charge in [0.05, 0.1) is 6.61 Å². The van der Waals surface area contributed by atoms with Gasteiger partial charge in [0.1, 0.15) is 0 Å². The van der Waals surface area contributed by atoms with E-state index in [0.29, 0.717) is 5.92 Å². The highest BCUT2D eigenvalue weighted by Gasteiger charge is 2.42. The average Bonchev–Trinajstić information content (AvgIpc) is 2.91. The van der Waals surface area contributed by atoms with E-state index >= 15 is 0 Å². The first-order valence-electron chi connectivity index (χ1n) is 7.66. The Labute approximate surface area is 118 Å². The highest BCUT2D eigenvalue weighted by molar-refractivity contribution is 4.98. The normalized spacial score (nSPS) is 30.5. The molecule has 19 heavy (non-hydrogen) atoms. The van der Waals surface area contributed by atoms with E-state index < -0.39 is 0 Å². The smallest absolute Gasteiger partial charge is 0.0513 e. The number of rotatable bonds is 3. The molecule has 0 bridgehead atoms. The Morgan fingerprint density at radius 2 is 1.63 bits per heavy atom. The standard InChI is InChI=1S/C15H31N3O/c1-14(2,3)17-6-8-18(9-7-17)15(4,12-16)13-5-10-19-11-13/h13H,5-12,16H2,1-4H3. The summed E-state index contributed by atoms with van der Waals surface area (Å²) in [6.45, 7) is 16.3. The molecule has 2 heterocycles. The van der Waals surface area contributed by atoms with Crippen LogP contribution in [0, 0.1) is 5.92 Å². The van der Waals surface area contributed by atoms with Crippen LogP contribution in [0.15, 0.2) is 0 Å². The second-order valence-corrected chi connectivity index (χ2v) is 7.27. The molecule has 0 amide bonds. The maximum Gasteiger partial charge on any atom is 0.0513 e. The van der Waals surface area contributed by atoms with Gasteiger partial charge < -0.3 is 10.5 Å². The third-order valence-corrected chi connectivity index (χ3v) is 5.17. The summed E-state index contributed by atoms with van der Waals surface area (Å²) in [6.07, 6.45) is 1.16. The van der Waals surface area contributed by atoms with Crippen molar-refractivity contribution in [2.24, 2.45) is 11.7 Å². The third-order valence-electron chi connectivity index (χ3n) is 5.17. The SMILES string of the molecule is CC(C)(C)N1CCN(C(C)(CN)C2CCOC2)CC1. The van der Waals surface area contributed by atoms with Gasteiger partial charge in [-0.3, -0.25) is 9.80 Å². The molecule has 4 nitrogen and oxygen atoms in total. The largest absolute Gasteiger partial charge is 0.381 e. The Morgan fingerprint density at radius 1 is 1.05 bits per heavy atom. The van der Waals surface area contributed by atoms with Crippen molar-refractivity contribution < 1.29 is 4.74 Å². The number of ether oxygens (including phenoxy) is 1. The molecule has 2 atom stereocenters. The summed E-state index contributed by atoms with van der Waals surface area (Å²) in [6, 6.07) is 0. The molecule has 2 saturated heterocycles. The van der Waals surface area contributed by atoms with Gasteiger partial charge in [0.2, 0.25) is 0 Å². The number of piperazine rings is 1. The molecule has 0 saturated carbocycles. The van der Waals surface area contributed by atoms with Crippen molar-refractivity contribution in [3.63, 3.8) is 0 Å². The minimum Gasteiger partial charge on any atom is -0.381 e. The van der Waals surface area contributed by atoms with Crippen molar-refractivity contribution in [3.05, 3.63) is 0 Å². The lowest BCUT2D eigenvalue weighted by Gasteiger charge is -2.50. The van der Waals surface area contributed by atoms with Gasteiger partial charge in [-0.2, -0.15) is 0 Å². The van der Waals surface area contributed by atoms with E-state index in [2.05, 4.69) is 37.5 Å². The Hall–Kier alpha value is -0.160. The molecule has 0 spiro atoms. The van der Waals surface area contributed by atoms with Crippen molar-refractivity contribution in [3.8, 4) is 0 Å². The zero-order chi connectivity index (χ0) is 14.1. The van der Waals surface area contributed by atoms with Gasteiger partial charge >= 0.3 is 0 Å². The maximum atomic E-state index is 6.13. The van der Waals surface area contributed by atoms with Crippen molar-refractivity contribution in [1.29, 1.82) is 0 Å². The van der Waals surface area contributed by atoms with Crippen molar-refractivity contribution in [2.45, 2.75) is 45.2 Å². The number of nitrogens with two attached hydrogens (primary N) is 1. The summed E-state index contributed by atoms with van der Waals surface area (Å²) >= 11 is 0.